The minimum atomic E-state index is -0.917. The lowest BCUT2D eigenvalue weighted by Crippen LogP contribution is -2.04. The molecule has 2 rings (SSSR count). The molecule has 0 spiro atoms. The van der Waals surface area contributed by atoms with Crippen molar-refractivity contribution in [2.24, 2.45) is 0 Å². The molecule has 5 heteroatoms. The zero-order valence-corrected chi connectivity index (χ0v) is 10.7. The molecule has 0 fully saturated rings. The summed E-state index contributed by atoms with van der Waals surface area (Å²) in [5, 5.41) is 12.7. The highest BCUT2D eigenvalue weighted by Gasteiger charge is 2.16. The van der Waals surface area contributed by atoms with Crippen LogP contribution in [0.25, 0.3) is 0 Å². The molecule has 0 aliphatic rings. The minimum Gasteiger partial charge on any atom is -0.388 e. The van der Waals surface area contributed by atoms with Crippen molar-refractivity contribution in [2.45, 2.75) is 19.4 Å². The number of aliphatic hydroxyl groups is 1. The minimum absolute atomic E-state index is 0.0249. The Bertz CT molecular complexity index is 529. The lowest BCUT2D eigenvalue weighted by atomic mass is 10.1. The molecule has 0 aliphatic carbocycles. The highest BCUT2D eigenvalue weighted by Crippen LogP contribution is 2.26. The molecule has 0 bridgehead atoms. The van der Waals surface area contributed by atoms with Gasteiger partial charge in [-0.25, -0.2) is 9.37 Å². The molecule has 1 N–H and O–H groups in total. The Morgan fingerprint density at radius 1 is 1.53 bits per heavy atom. The number of aryl methyl sites for hydroxylation is 1. The van der Waals surface area contributed by atoms with Gasteiger partial charge in [-0.2, -0.15) is 0 Å². The Kier molecular flexibility index (Phi) is 3.76. The fourth-order valence-electron chi connectivity index (χ4n) is 1.55. The van der Waals surface area contributed by atoms with Gasteiger partial charge in [0.2, 0.25) is 0 Å². The smallest absolute Gasteiger partial charge is 0.147 e. The normalized spacial score (nSPS) is 12.7. The molecule has 90 valence electrons. The van der Waals surface area contributed by atoms with Crippen LogP contribution in [-0.2, 0) is 6.42 Å². The number of aromatic nitrogens is 1. The highest BCUT2D eigenvalue weighted by atomic mass is 35.5. The standard InChI is InChI=1S/C12H11ClFNOS/c1-7-6-17-11(15-7)5-10(16)8-3-2-4-9(13)12(8)14/h2-4,6,10,16H,5H2,1H3. The van der Waals surface area contributed by atoms with E-state index in [4.69, 9.17) is 11.6 Å². The monoisotopic (exact) mass is 271 g/mol. The molecule has 1 unspecified atom stereocenters. The molecule has 1 aromatic carbocycles. The second kappa shape index (κ2) is 5.12. The quantitative estimate of drug-likeness (QED) is 0.927. The fourth-order valence-corrected chi connectivity index (χ4v) is 2.54. The molecule has 0 saturated heterocycles. The van der Waals surface area contributed by atoms with Crippen LogP contribution in [-0.4, -0.2) is 10.1 Å². The Labute approximate surface area is 108 Å². The van der Waals surface area contributed by atoms with E-state index in [-0.39, 0.29) is 10.6 Å². The molecule has 0 radical (unpaired) electrons. The van der Waals surface area contributed by atoms with Gasteiger partial charge in [0, 0.05) is 23.1 Å². The number of hydrogen-bond acceptors (Lipinski definition) is 3. The summed E-state index contributed by atoms with van der Waals surface area (Å²) in [7, 11) is 0. The fraction of sp³-hybridized carbons (Fsp3) is 0.250. The van der Waals surface area contributed by atoms with Crippen LogP contribution in [0.1, 0.15) is 22.4 Å². The number of rotatable bonds is 3. The van der Waals surface area contributed by atoms with Crippen molar-refractivity contribution >= 4 is 22.9 Å². The average molecular weight is 272 g/mol. The van der Waals surface area contributed by atoms with Crippen LogP contribution >= 0.6 is 22.9 Å². The topological polar surface area (TPSA) is 33.1 Å². The molecule has 1 aromatic heterocycles. The molecule has 0 aliphatic heterocycles. The van der Waals surface area contributed by atoms with Crippen molar-refractivity contribution in [1.29, 1.82) is 0 Å². The van der Waals surface area contributed by atoms with Crippen molar-refractivity contribution in [3.63, 3.8) is 0 Å². The summed E-state index contributed by atoms with van der Waals surface area (Å²) < 4.78 is 13.7. The van der Waals surface area contributed by atoms with Gasteiger partial charge in [0.05, 0.1) is 16.1 Å². The van der Waals surface area contributed by atoms with E-state index in [1.54, 1.807) is 6.07 Å². The first-order valence-electron chi connectivity index (χ1n) is 5.11. The van der Waals surface area contributed by atoms with Crippen molar-refractivity contribution in [1.82, 2.24) is 4.98 Å². The first-order chi connectivity index (χ1) is 8.08. The van der Waals surface area contributed by atoms with Gasteiger partial charge in [0.1, 0.15) is 5.82 Å². The summed E-state index contributed by atoms with van der Waals surface area (Å²) >= 11 is 7.12. The first-order valence-corrected chi connectivity index (χ1v) is 6.36. The number of thiazole rings is 1. The molecule has 2 nitrogen and oxygen atoms in total. The number of hydrogen-bond donors (Lipinski definition) is 1. The third-order valence-electron chi connectivity index (χ3n) is 2.38. The van der Waals surface area contributed by atoms with Gasteiger partial charge < -0.3 is 5.11 Å². The molecular weight excluding hydrogens is 261 g/mol. The van der Waals surface area contributed by atoms with E-state index in [9.17, 15) is 9.50 Å². The number of halogens is 2. The summed E-state index contributed by atoms with van der Waals surface area (Å²) in [6.07, 6.45) is -0.616. The van der Waals surface area contributed by atoms with E-state index in [2.05, 4.69) is 4.98 Å². The van der Waals surface area contributed by atoms with Crippen LogP contribution in [0.4, 0.5) is 4.39 Å². The Balaban J connectivity index is 2.20. The number of nitrogens with zero attached hydrogens (tertiary/aromatic N) is 1. The number of aliphatic hydroxyl groups excluding tert-OH is 1. The van der Waals surface area contributed by atoms with Gasteiger partial charge in [-0.3, -0.25) is 0 Å². The second-order valence-corrected chi connectivity index (χ2v) is 5.10. The highest BCUT2D eigenvalue weighted by molar-refractivity contribution is 7.09. The Morgan fingerprint density at radius 3 is 2.94 bits per heavy atom. The van der Waals surface area contributed by atoms with E-state index in [0.29, 0.717) is 6.42 Å². The Hall–Kier alpha value is -0.970. The summed E-state index contributed by atoms with van der Waals surface area (Å²) in [5.41, 5.74) is 1.12. The van der Waals surface area contributed by atoms with Crippen LogP contribution in [0, 0.1) is 12.7 Å². The lowest BCUT2D eigenvalue weighted by molar-refractivity contribution is 0.173. The molecule has 1 heterocycles. The predicted molar refractivity (Wildman–Crippen MR) is 66.9 cm³/mol. The molecule has 2 aromatic rings. The molecule has 0 saturated carbocycles. The second-order valence-electron chi connectivity index (χ2n) is 3.75. The number of benzene rings is 1. The van der Waals surface area contributed by atoms with E-state index in [1.807, 2.05) is 12.3 Å². The zero-order valence-electron chi connectivity index (χ0n) is 9.15. The predicted octanol–water partition coefficient (Wildman–Crippen LogP) is 3.52. The van der Waals surface area contributed by atoms with Gasteiger partial charge in [0.15, 0.2) is 0 Å². The zero-order chi connectivity index (χ0) is 12.4. The van der Waals surface area contributed by atoms with Crippen LogP contribution in [0.2, 0.25) is 5.02 Å². The molecule has 1 atom stereocenters. The first kappa shape index (κ1) is 12.5. The lowest BCUT2D eigenvalue weighted by Gasteiger charge is -2.10. The van der Waals surface area contributed by atoms with Gasteiger partial charge in [-0.05, 0) is 13.0 Å². The molecular formula is C12H11ClFNOS. The van der Waals surface area contributed by atoms with Crippen molar-refractivity contribution in [3.05, 3.63) is 50.7 Å². The summed E-state index contributed by atoms with van der Waals surface area (Å²) in [4.78, 5) is 4.23. The average Bonchev–Trinajstić information content (AvgIpc) is 2.68. The summed E-state index contributed by atoms with van der Waals surface area (Å²) in [6.45, 7) is 1.88. The van der Waals surface area contributed by atoms with Crippen molar-refractivity contribution in [3.8, 4) is 0 Å². The maximum Gasteiger partial charge on any atom is 0.147 e. The molecule has 17 heavy (non-hydrogen) atoms. The van der Waals surface area contributed by atoms with E-state index in [1.165, 1.54) is 23.5 Å². The maximum absolute atomic E-state index is 13.7. The Morgan fingerprint density at radius 2 is 2.29 bits per heavy atom. The van der Waals surface area contributed by atoms with Crippen LogP contribution in [0.5, 0.6) is 0 Å². The van der Waals surface area contributed by atoms with E-state index in [0.717, 1.165) is 10.7 Å². The van der Waals surface area contributed by atoms with Crippen LogP contribution in [0.3, 0.4) is 0 Å². The third-order valence-corrected chi connectivity index (χ3v) is 3.66. The van der Waals surface area contributed by atoms with Gasteiger partial charge in [-0.1, -0.05) is 23.7 Å². The maximum atomic E-state index is 13.7. The SMILES string of the molecule is Cc1csc(CC(O)c2cccc(Cl)c2F)n1. The van der Waals surface area contributed by atoms with Crippen molar-refractivity contribution in [2.75, 3.05) is 0 Å². The third kappa shape index (κ3) is 2.83. The molecule has 0 amide bonds. The van der Waals surface area contributed by atoms with Gasteiger partial charge in [-0.15, -0.1) is 11.3 Å². The van der Waals surface area contributed by atoms with Crippen molar-refractivity contribution < 1.29 is 9.50 Å². The van der Waals surface area contributed by atoms with E-state index < -0.39 is 11.9 Å². The summed E-state index contributed by atoms with van der Waals surface area (Å²) in [5.74, 6) is -0.560. The van der Waals surface area contributed by atoms with E-state index >= 15 is 0 Å². The van der Waals surface area contributed by atoms with Crippen LogP contribution < -0.4 is 0 Å². The van der Waals surface area contributed by atoms with Gasteiger partial charge in [0.25, 0.3) is 0 Å². The van der Waals surface area contributed by atoms with Crippen LogP contribution in [0.15, 0.2) is 23.6 Å². The largest absolute Gasteiger partial charge is 0.388 e. The summed E-state index contributed by atoms with van der Waals surface area (Å²) in [6, 6.07) is 4.62. The van der Waals surface area contributed by atoms with Gasteiger partial charge >= 0.3 is 0 Å².